The number of primary amides is 2. The molecule has 0 saturated heterocycles. The molecule has 0 aromatic heterocycles. The highest BCUT2D eigenvalue weighted by Crippen LogP contribution is 2.29. The quantitative estimate of drug-likeness (QED) is 0.169. The average Bonchev–Trinajstić information content (AvgIpc) is 2.16. The monoisotopic (exact) mass is 242 g/mol. The van der Waals surface area contributed by atoms with Gasteiger partial charge in [0.25, 0.3) is 0 Å². The van der Waals surface area contributed by atoms with E-state index in [0.29, 0.717) is 0 Å². The van der Waals surface area contributed by atoms with Gasteiger partial charge in [-0.15, -0.1) is 0 Å². The van der Waals surface area contributed by atoms with Crippen molar-refractivity contribution in [1.82, 2.24) is 0 Å². The number of hydrogen-bond donors (Lipinski definition) is 6. The van der Waals surface area contributed by atoms with Crippen LogP contribution in [0.5, 0.6) is 0 Å². The highest BCUT2D eigenvalue weighted by molar-refractivity contribution is 6.04. The number of rotatable bonds is 8. The molecule has 8 heteroatoms. The molecule has 0 saturated carbocycles. The van der Waals surface area contributed by atoms with Crippen molar-refractivity contribution in [3.05, 3.63) is 0 Å². The second kappa shape index (κ2) is 5.83. The lowest BCUT2D eigenvalue weighted by Crippen LogP contribution is -2.48. The minimum atomic E-state index is -1.60. The van der Waals surface area contributed by atoms with Gasteiger partial charge < -0.3 is 22.9 Å². The number of carbonyl (C=O) groups is 2. The third-order valence-electron chi connectivity index (χ3n) is 2.59. The minimum Gasteiger partial charge on any atom is -0.388 e. The van der Waals surface area contributed by atoms with Gasteiger partial charge in [-0.2, -0.15) is 0 Å². The number of nitrogens with two attached hydrogens (primary N) is 4. The van der Waals surface area contributed by atoms with Crippen molar-refractivity contribution in [1.29, 1.82) is 10.8 Å². The number of hydrogen-bond acceptors (Lipinski definition) is 4. The summed E-state index contributed by atoms with van der Waals surface area (Å²) >= 11 is 0. The van der Waals surface area contributed by atoms with Crippen LogP contribution in [0.15, 0.2) is 0 Å². The molecule has 0 aliphatic heterocycles. The molecule has 0 spiro atoms. The Hall–Kier alpha value is -2.12. The van der Waals surface area contributed by atoms with Crippen molar-refractivity contribution in [3.63, 3.8) is 0 Å². The Balaban J connectivity index is 4.99. The first kappa shape index (κ1) is 14.9. The summed E-state index contributed by atoms with van der Waals surface area (Å²) in [6, 6.07) is 0. The first-order chi connectivity index (χ1) is 7.72. The second-order valence-electron chi connectivity index (χ2n) is 3.86. The zero-order valence-corrected chi connectivity index (χ0v) is 9.45. The maximum Gasteiger partial charge on any atom is 0.233 e. The van der Waals surface area contributed by atoms with Crippen LogP contribution < -0.4 is 22.9 Å². The lowest BCUT2D eigenvalue weighted by atomic mass is 9.77. The minimum absolute atomic E-state index is 0.0315. The summed E-state index contributed by atoms with van der Waals surface area (Å²) in [6.07, 6.45) is -0.0197. The first-order valence-electron chi connectivity index (χ1n) is 4.98. The van der Waals surface area contributed by atoms with E-state index in [2.05, 4.69) is 0 Å². The van der Waals surface area contributed by atoms with Gasteiger partial charge in [0.15, 0.2) is 0 Å². The molecule has 17 heavy (non-hydrogen) atoms. The van der Waals surface area contributed by atoms with Crippen LogP contribution in [-0.4, -0.2) is 23.5 Å². The Morgan fingerprint density at radius 3 is 1.29 bits per heavy atom. The van der Waals surface area contributed by atoms with Crippen LogP contribution in [0.3, 0.4) is 0 Å². The molecule has 2 amide bonds. The second-order valence-corrected chi connectivity index (χ2v) is 3.86. The zero-order valence-electron chi connectivity index (χ0n) is 9.45. The molecule has 0 aromatic carbocycles. The Kier molecular flexibility index (Phi) is 5.10. The Morgan fingerprint density at radius 2 is 1.12 bits per heavy atom. The van der Waals surface area contributed by atoms with Gasteiger partial charge in [-0.25, -0.2) is 0 Å². The maximum atomic E-state index is 11.4. The average molecular weight is 242 g/mol. The topological polar surface area (TPSA) is 186 Å². The standard InChI is InChI=1S/C9H18N6O2/c10-5(11)1-3-9(7(14)16,8(15)17)4-2-6(12)13/h1-4H2,(H3,10,11)(H3,12,13)(H2,14,16)(H2,15,17). The van der Waals surface area contributed by atoms with Gasteiger partial charge >= 0.3 is 0 Å². The molecule has 0 fully saturated rings. The van der Waals surface area contributed by atoms with E-state index in [1.165, 1.54) is 0 Å². The number of amides is 2. The van der Waals surface area contributed by atoms with Crippen LogP contribution in [0.25, 0.3) is 0 Å². The lowest BCUT2D eigenvalue weighted by molar-refractivity contribution is -0.140. The molecule has 0 heterocycles. The molecule has 96 valence electrons. The highest BCUT2D eigenvalue weighted by atomic mass is 16.2. The maximum absolute atomic E-state index is 11.4. The SMILES string of the molecule is N=C(N)CCC(CCC(=N)N)(C(N)=O)C(N)=O. The normalized spacial score (nSPS) is 10.8. The van der Waals surface area contributed by atoms with Crippen molar-refractivity contribution in [2.45, 2.75) is 25.7 Å². The summed E-state index contributed by atoms with van der Waals surface area (Å²) in [6.45, 7) is 0. The van der Waals surface area contributed by atoms with E-state index < -0.39 is 17.2 Å². The van der Waals surface area contributed by atoms with Gasteiger partial charge in [-0.05, 0) is 12.8 Å². The van der Waals surface area contributed by atoms with Crippen LogP contribution in [0.2, 0.25) is 0 Å². The van der Waals surface area contributed by atoms with Crippen molar-refractivity contribution < 1.29 is 9.59 Å². The molecular weight excluding hydrogens is 224 g/mol. The van der Waals surface area contributed by atoms with E-state index in [-0.39, 0.29) is 37.4 Å². The summed E-state index contributed by atoms with van der Waals surface area (Å²) in [5.74, 6) is -2.10. The molecular formula is C9H18N6O2. The van der Waals surface area contributed by atoms with Crippen molar-refractivity contribution in [3.8, 4) is 0 Å². The number of carbonyl (C=O) groups excluding carboxylic acids is 2. The molecule has 0 aliphatic carbocycles. The molecule has 0 rings (SSSR count). The first-order valence-corrected chi connectivity index (χ1v) is 4.98. The van der Waals surface area contributed by atoms with Crippen LogP contribution in [0.4, 0.5) is 0 Å². The predicted octanol–water partition coefficient (Wildman–Crippen LogP) is -1.62. The third-order valence-corrected chi connectivity index (χ3v) is 2.59. The number of amidine groups is 2. The smallest absolute Gasteiger partial charge is 0.233 e. The summed E-state index contributed by atoms with van der Waals surface area (Å²) in [7, 11) is 0. The van der Waals surface area contributed by atoms with Crippen molar-refractivity contribution in [2.75, 3.05) is 0 Å². The molecule has 0 unspecified atom stereocenters. The molecule has 0 aliphatic rings. The summed E-state index contributed by atoms with van der Waals surface area (Å²) < 4.78 is 0. The fourth-order valence-corrected chi connectivity index (χ4v) is 1.44. The van der Waals surface area contributed by atoms with Crippen LogP contribution in [-0.2, 0) is 9.59 Å². The van der Waals surface area contributed by atoms with E-state index in [1.807, 2.05) is 0 Å². The van der Waals surface area contributed by atoms with Crippen LogP contribution >= 0.6 is 0 Å². The number of nitrogens with one attached hydrogen (secondary N) is 2. The Morgan fingerprint density at radius 1 is 0.824 bits per heavy atom. The zero-order chi connectivity index (χ0) is 13.6. The lowest BCUT2D eigenvalue weighted by Gasteiger charge is -2.26. The van der Waals surface area contributed by atoms with E-state index >= 15 is 0 Å². The predicted molar refractivity (Wildman–Crippen MR) is 63.1 cm³/mol. The summed E-state index contributed by atoms with van der Waals surface area (Å²) in [5.41, 5.74) is 19.1. The van der Waals surface area contributed by atoms with E-state index in [1.54, 1.807) is 0 Å². The molecule has 10 N–H and O–H groups in total. The molecule has 8 nitrogen and oxygen atoms in total. The Bertz CT molecular complexity index is 317. The van der Waals surface area contributed by atoms with Gasteiger partial charge in [0.05, 0.1) is 11.7 Å². The summed E-state index contributed by atoms with van der Waals surface area (Å²) in [4.78, 5) is 22.8. The molecule has 0 bridgehead atoms. The third kappa shape index (κ3) is 4.09. The van der Waals surface area contributed by atoms with Gasteiger partial charge in [-0.1, -0.05) is 0 Å². The van der Waals surface area contributed by atoms with E-state index in [0.717, 1.165) is 0 Å². The van der Waals surface area contributed by atoms with Crippen molar-refractivity contribution in [2.24, 2.45) is 28.3 Å². The van der Waals surface area contributed by atoms with Gasteiger partial charge in [0.2, 0.25) is 11.8 Å². The highest BCUT2D eigenvalue weighted by Gasteiger charge is 2.42. The molecule has 0 radical (unpaired) electrons. The van der Waals surface area contributed by atoms with E-state index in [9.17, 15) is 9.59 Å². The molecule has 0 aromatic rings. The van der Waals surface area contributed by atoms with Gasteiger partial charge in [-0.3, -0.25) is 20.4 Å². The summed E-state index contributed by atoms with van der Waals surface area (Å²) in [5, 5.41) is 14.2. The fourth-order valence-electron chi connectivity index (χ4n) is 1.44. The van der Waals surface area contributed by atoms with Gasteiger partial charge in [0, 0.05) is 12.8 Å². The fraction of sp³-hybridized carbons (Fsp3) is 0.556. The van der Waals surface area contributed by atoms with Crippen LogP contribution in [0, 0.1) is 16.2 Å². The largest absolute Gasteiger partial charge is 0.388 e. The Labute approximate surface area is 98.7 Å². The van der Waals surface area contributed by atoms with Crippen LogP contribution in [0.1, 0.15) is 25.7 Å². The van der Waals surface area contributed by atoms with E-state index in [4.69, 9.17) is 33.8 Å². The van der Waals surface area contributed by atoms with Gasteiger partial charge in [0.1, 0.15) is 5.41 Å². The molecule has 0 atom stereocenters. The van der Waals surface area contributed by atoms with Crippen molar-refractivity contribution >= 4 is 23.5 Å².